The molecule has 2 aromatic heterocycles. The van der Waals surface area contributed by atoms with Gasteiger partial charge in [-0.05, 0) is 61.0 Å². The minimum Gasteiger partial charge on any atom is -0.486 e. The Morgan fingerprint density at radius 2 is 1.72 bits per heavy atom. The third-order valence-corrected chi connectivity index (χ3v) is 4.58. The summed E-state index contributed by atoms with van der Waals surface area (Å²) in [5.74, 6) is 0.694. The van der Waals surface area contributed by atoms with E-state index in [1.807, 2.05) is 31.2 Å². The second kappa shape index (κ2) is 9.22. The van der Waals surface area contributed by atoms with Crippen LogP contribution in [0.25, 0.3) is 0 Å². The van der Waals surface area contributed by atoms with Gasteiger partial charge in [0.1, 0.15) is 18.1 Å². The van der Waals surface area contributed by atoms with E-state index in [0.717, 1.165) is 11.3 Å². The van der Waals surface area contributed by atoms with Crippen molar-refractivity contribution in [3.05, 3.63) is 95.7 Å². The number of aryl methyl sites for hydroxylation is 2. The quantitative estimate of drug-likeness (QED) is 0.453. The SMILES string of the molecule is Cc1cccc(OCc2ccc(C(=O)Nc3cccc(NC(=O)c4ccn(C)n4)c3)o2)c1. The number of hydrogen-bond acceptors (Lipinski definition) is 5. The number of furan rings is 1. The fourth-order valence-corrected chi connectivity index (χ4v) is 3.04. The first-order valence-electron chi connectivity index (χ1n) is 9.97. The van der Waals surface area contributed by atoms with Gasteiger partial charge < -0.3 is 19.8 Å². The molecular weight excluding hydrogens is 408 g/mol. The Labute approximate surface area is 184 Å². The first-order chi connectivity index (χ1) is 15.5. The van der Waals surface area contributed by atoms with Crippen molar-refractivity contribution in [3.63, 3.8) is 0 Å². The monoisotopic (exact) mass is 430 g/mol. The van der Waals surface area contributed by atoms with E-state index in [9.17, 15) is 9.59 Å². The molecule has 0 unspecified atom stereocenters. The average molecular weight is 430 g/mol. The van der Waals surface area contributed by atoms with Crippen molar-refractivity contribution in [2.24, 2.45) is 7.05 Å². The molecule has 2 aromatic carbocycles. The van der Waals surface area contributed by atoms with Crippen molar-refractivity contribution >= 4 is 23.2 Å². The van der Waals surface area contributed by atoms with E-state index in [4.69, 9.17) is 9.15 Å². The third kappa shape index (κ3) is 5.23. The molecule has 2 N–H and O–H groups in total. The van der Waals surface area contributed by atoms with Crippen LogP contribution in [0.2, 0.25) is 0 Å². The number of carbonyl (C=O) groups excluding carboxylic acids is 2. The van der Waals surface area contributed by atoms with Gasteiger partial charge in [-0.3, -0.25) is 14.3 Å². The zero-order valence-electron chi connectivity index (χ0n) is 17.7. The fraction of sp³-hybridized carbons (Fsp3) is 0.125. The van der Waals surface area contributed by atoms with Crippen molar-refractivity contribution in [1.82, 2.24) is 9.78 Å². The maximum absolute atomic E-state index is 12.6. The van der Waals surface area contributed by atoms with Crippen LogP contribution in [-0.2, 0) is 13.7 Å². The molecule has 4 rings (SSSR count). The summed E-state index contributed by atoms with van der Waals surface area (Å²) in [6, 6.07) is 19.4. The molecule has 0 bridgehead atoms. The van der Waals surface area contributed by atoms with Crippen molar-refractivity contribution in [2.75, 3.05) is 10.6 Å². The lowest BCUT2D eigenvalue weighted by molar-refractivity contribution is 0.0991. The smallest absolute Gasteiger partial charge is 0.291 e. The van der Waals surface area contributed by atoms with Gasteiger partial charge in [-0.2, -0.15) is 5.10 Å². The number of nitrogens with zero attached hydrogens (tertiary/aromatic N) is 2. The van der Waals surface area contributed by atoms with Crippen LogP contribution in [0.3, 0.4) is 0 Å². The minimum atomic E-state index is -0.403. The second-order valence-electron chi connectivity index (χ2n) is 7.23. The van der Waals surface area contributed by atoms with Gasteiger partial charge in [0.15, 0.2) is 11.5 Å². The number of anilines is 2. The first kappa shape index (κ1) is 20.9. The van der Waals surface area contributed by atoms with E-state index in [2.05, 4.69) is 15.7 Å². The predicted molar refractivity (Wildman–Crippen MR) is 120 cm³/mol. The molecular formula is C24H22N4O4. The van der Waals surface area contributed by atoms with Crippen LogP contribution in [-0.4, -0.2) is 21.6 Å². The molecule has 32 heavy (non-hydrogen) atoms. The summed E-state index contributed by atoms with van der Waals surface area (Å²) >= 11 is 0. The molecule has 8 nitrogen and oxygen atoms in total. The van der Waals surface area contributed by atoms with Crippen molar-refractivity contribution in [2.45, 2.75) is 13.5 Å². The fourth-order valence-electron chi connectivity index (χ4n) is 3.04. The van der Waals surface area contributed by atoms with Crippen LogP contribution in [0, 0.1) is 6.92 Å². The molecule has 0 aliphatic heterocycles. The maximum atomic E-state index is 12.6. The van der Waals surface area contributed by atoms with Gasteiger partial charge in [0.25, 0.3) is 11.8 Å². The number of carbonyl (C=O) groups is 2. The topological polar surface area (TPSA) is 98.4 Å². The lowest BCUT2D eigenvalue weighted by atomic mass is 10.2. The first-order valence-corrected chi connectivity index (χ1v) is 9.97. The summed E-state index contributed by atoms with van der Waals surface area (Å²) in [4.78, 5) is 24.8. The van der Waals surface area contributed by atoms with Crippen LogP contribution < -0.4 is 15.4 Å². The Kier molecular flexibility index (Phi) is 6.03. The normalized spacial score (nSPS) is 10.6. The van der Waals surface area contributed by atoms with E-state index in [1.54, 1.807) is 60.4 Å². The van der Waals surface area contributed by atoms with E-state index in [1.165, 1.54) is 0 Å². The van der Waals surface area contributed by atoms with Crippen molar-refractivity contribution in [1.29, 1.82) is 0 Å². The van der Waals surface area contributed by atoms with E-state index in [0.29, 0.717) is 22.8 Å². The second-order valence-corrected chi connectivity index (χ2v) is 7.23. The summed E-state index contributed by atoms with van der Waals surface area (Å²) in [5.41, 5.74) is 2.45. The molecule has 0 saturated carbocycles. The van der Waals surface area contributed by atoms with Crippen LogP contribution >= 0.6 is 0 Å². The molecule has 4 aromatic rings. The number of rotatable bonds is 7. The van der Waals surface area contributed by atoms with E-state index in [-0.39, 0.29) is 18.3 Å². The highest BCUT2D eigenvalue weighted by Crippen LogP contribution is 2.19. The number of amides is 2. The molecule has 0 aliphatic rings. The Bertz CT molecular complexity index is 1260. The largest absolute Gasteiger partial charge is 0.486 e. The van der Waals surface area contributed by atoms with Gasteiger partial charge >= 0.3 is 0 Å². The van der Waals surface area contributed by atoms with E-state index < -0.39 is 5.91 Å². The number of ether oxygens (including phenoxy) is 1. The van der Waals surface area contributed by atoms with Gasteiger partial charge in [-0.25, -0.2) is 0 Å². The van der Waals surface area contributed by atoms with Crippen LogP contribution in [0.5, 0.6) is 5.75 Å². The number of benzene rings is 2. The van der Waals surface area contributed by atoms with Gasteiger partial charge in [-0.1, -0.05) is 18.2 Å². The molecule has 0 atom stereocenters. The van der Waals surface area contributed by atoms with Crippen LogP contribution in [0.4, 0.5) is 11.4 Å². The number of nitrogens with one attached hydrogen (secondary N) is 2. The summed E-state index contributed by atoms with van der Waals surface area (Å²) in [6.45, 7) is 2.20. The van der Waals surface area contributed by atoms with Gasteiger partial charge in [0.05, 0.1) is 0 Å². The lowest BCUT2D eigenvalue weighted by Gasteiger charge is -2.07. The Balaban J connectivity index is 1.35. The summed E-state index contributed by atoms with van der Waals surface area (Å²) in [5, 5.41) is 9.60. The standard InChI is InChI=1S/C24H22N4O4/c1-16-5-3-8-19(13-16)31-15-20-9-10-22(32-20)24(30)26-18-7-4-6-17(14-18)25-23(29)21-11-12-28(2)27-21/h3-14H,15H2,1-2H3,(H,25,29)(H,26,30). The molecule has 0 fully saturated rings. The highest BCUT2D eigenvalue weighted by atomic mass is 16.5. The van der Waals surface area contributed by atoms with Crippen LogP contribution in [0.1, 0.15) is 32.4 Å². The molecule has 0 radical (unpaired) electrons. The van der Waals surface area contributed by atoms with Gasteiger partial charge in [0, 0.05) is 24.6 Å². The van der Waals surface area contributed by atoms with Gasteiger partial charge in [0.2, 0.25) is 0 Å². The third-order valence-electron chi connectivity index (χ3n) is 4.58. The Morgan fingerprint density at radius 1 is 0.969 bits per heavy atom. The van der Waals surface area contributed by atoms with Gasteiger partial charge in [-0.15, -0.1) is 0 Å². The average Bonchev–Trinajstić information content (AvgIpc) is 3.42. The molecule has 0 aliphatic carbocycles. The van der Waals surface area contributed by atoms with Crippen molar-refractivity contribution < 1.29 is 18.7 Å². The molecule has 162 valence electrons. The summed E-state index contributed by atoms with van der Waals surface area (Å²) < 4.78 is 12.9. The number of hydrogen-bond donors (Lipinski definition) is 2. The predicted octanol–water partition coefficient (Wildman–Crippen LogP) is 4.41. The van der Waals surface area contributed by atoms with Crippen molar-refractivity contribution in [3.8, 4) is 5.75 Å². The highest BCUT2D eigenvalue weighted by molar-refractivity contribution is 6.04. The minimum absolute atomic E-state index is 0.163. The number of aromatic nitrogens is 2. The molecule has 2 amide bonds. The van der Waals surface area contributed by atoms with E-state index >= 15 is 0 Å². The molecule has 2 heterocycles. The summed E-state index contributed by atoms with van der Waals surface area (Å²) in [6.07, 6.45) is 1.69. The Morgan fingerprint density at radius 3 is 2.44 bits per heavy atom. The molecule has 0 spiro atoms. The zero-order chi connectivity index (χ0) is 22.5. The summed E-state index contributed by atoms with van der Waals surface area (Å²) in [7, 11) is 1.74. The highest BCUT2D eigenvalue weighted by Gasteiger charge is 2.13. The zero-order valence-corrected chi connectivity index (χ0v) is 17.7. The molecule has 8 heteroatoms. The Hall–Kier alpha value is -4.33. The van der Waals surface area contributed by atoms with Crippen LogP contribution in [0.15, 0.2) is 77.3 Å². The maximum Gasteiger partial charge on any atom is 0.291 e. The lowest BCUT2D eigenvalue weighted by Crippen LogP contribution is -2.14. The molecule has 0 saturated heterocycles.